The van der Waals surface area contributed by atoms with Crippen molar-refractivity contribution in [1.82, 2.24) is 15.1 Å². The van der Waals surface area contributed by atoms with Gasteiger partial charge in [-0.1, -0.05) is 24.9 Å². The van der Waals surface area contributed by atoms with Crippen LogP contribution in [0.1, 0.15) is 38.5 Å². The van der Waals surface area contributed by atoms with Crippen molar-refractivity contribution in [3.05, 3.63) is 30.4 Å². The number of hydrogen-bond acceptors (Lipinski definition) is 7. The van der Waals surface area contributed by atoms with Gasteiger partial charge in [-0.2, -0.15) is 4.98 Å². The molecule has 0 amide bonds. The lowest BCUT2D eigenvalue weighted by molar-refractivity contribution is -0.155. The zero-order valence-corrected chi connectivity index (χ0v) is 13.7. The minimum atomic E-state index is -0.422. The Labute approximate surface area is 140 Å². The number of ether oxygens (including phenoxy) is 2. The smallest absolute Gasteiger partial charge is 0.332 e. The van der Waals surface area contributed by atoms with Gasteiger partial charge in [0.05, 0.1) is 6.10 Å². The summed E-state index contributed by atoms with van der Waals surface area (Å²) in [5, 5.41) is 3.85. The van der Waals surface area contributed by atoms with Gasteiger partial charge in [-0.3, -0.25) is 4.98 Å². The van der Waals surface area contributed by atoms with Crippen molar-refractivity contribution in [3.63, 3.8) is 0 Å². The van der Waals surface area contributed by atoms with Gasteiger partial charge in [0.15, 0.2) is 6.61 Å². The van der Waals surface area contributed by atoms with Gasteiger partial charge in [0.1, 0.15) is 6.61 Å². The first-order chi connectivity index (χ1) is 11.7. The molecule has 24 heavy (non-hydrogen) atoms. The maximum atomic E-state index is 11.8. The summed E-state index contributed by atoms with van der Waals surface area (Å²) < 4.78 is 15.9. The van der Waals surface area contributed by atoms with E-state index in [9.17, 15) is 4.79 Å². The van der Waals surface area contributed by atoms with Gasteiger partial charge in [0, 0.05) is 18.0 Å². The average molecular weight is 331 g/mol. The third kappa shape index (κ3) is 4.38. The Morgan fingerprint density at radius 2 is 2.25 bits per heavy atom. The van der Waals surface area contributed by atoms with Gasteiger partial charge >= 0.3 is 5.97 Å². The van der Waals surface area contributed by atoms with Crippen molar-refractivity contribution in [2.75, 3.05) is 6.61 Å². The van der Waals surface area contributed by atoms with E-state index in [4.69, 9.17) is 14.0 Å². The largest absolute Gasteiger partial charge is 0.454 e. The molecule has 0 aromatic carbocycles. The Morgan fingerprint density at radius 3 is 3.04 bits per heavy atom. The molecule has 3 rings (SSSR count). The van der Waals surface area contributed by atoms with E-state index >= 15 is 0 Å². The molecule has 1 saturated carbocycles. The van der Waals surface area contributed by atoms with Crippen LogP contribution in [0.2, 0.25) is 0 Å². The molecule has 0 bridgehead atoms. The number of aromatic nitrogens is 3. The van der Waals surface area contributed by atoms with Crippen LogP contribution < -0.4 is 0 Å². The molecule has 1 aliphatic rings. The van der Waals surface area contributed by atoms with Gasteiger partial charge in [0.2, 0.25) is 5.82 Å². The second-order valence-corrected chi connectivity index (χ2v) is 6.03. The van der Waals surface area contributed by atoms with Gasteiger partial charge < -0.3 is 14.0 Å². The molecule has 2 aromatic heterocycles. The van der Waals surface area contributed by atoms with Crippen molar-refractivity contribution >= 4 is 5.97 Å². The number of carbonyl (C=O) groups is 1. The zero-order valence-electron chi connectivity index (χ0n) is 13.7. The zero-order chi connectivity index (χ0) is 16.8. The fraction of sp³-hybridized carbons (Fsp3) is 0.529. The fourth-order valence-corrected chi connectivity index (χ4v) is 2.81. The predicted octanol–water partition coefficient (Wildman–Crippen LogP) is 2.77. The van der Waals surface area contributed by atoms with Gasteiger partial charge in [-0.15, -0.1) is 0 Å². The van der Waals surface area contributed by atoms with Crippen LogP contribution >= 0.6 is 0 Å². The van der Waals surface area contributed by atoms with Crippen molar-refractivity contribution in [1.29, 1.82) is 0 Å². The molecule has 7 nitrogen and oxygen atoms in total. The molecule has 2 atom stereocenters. The molecule has 0 radical (unpaired) electrons. The van der Waals surface area contributed by atoms with Crippen LogP contribution in [0.4, 0.5) is 0 Å². The summed E-state index contributed by atoms with van der Waals surface area (Å²) in [6.07, 6.45) is 8.00. The first-order valence-corrected chi connectivity index (χ1v) is 8.22. The Kier molecular flexibility index (Phi) is 5.53. The van der Waals surface area contributed by atoms with Crippen molar-refractivity contribution in [3.8, 4) is 11.4 Å². The normalized spacial score (nSPS) is 20.7. The van der Waals surface area contributed by atoms with E-state index in [1.54, 1.807) is 18.5 Å². The summed E-state index contributed by atoms with van der Waals surface area (Å²) in [7, 11) is 0. The first kappa shape index (κ1) is 16.6. The number of rotatable bonds is 6. The monoisotopic (exact) mass is 331 g/mol. The molecular formula is C17H21N3O4. The lowest BCUT2D eigenvalue weighted by Gasteiger charge is -2.28. The maximum absolute atomic E-state index is 11.8. The summed E-state index contributed by atoms with van der Waals surface area (Å²) in [6.45, 7) is 2.06. The van der Waals surface area contributed by atoms with Crippen LogP contribution in [0.25, 0.3) is 11.4 Å². The third-order valence-electron chi connectivity index (χ3n) is 4.19. The third-order valence-corrected chi connectivity index (χ3v) is 4.19. The minimum absolute atomic E-state index is 0.0430. The van der Waals surface area contributed by atoms with Crippen LogP contribution in [-0.4, -0.2) is 33.8 Å². The Balaban J connectivity index is 1.44. The van der Waals surface area contributed by atoms with E-state index in [0.717, 1.165) is 24.8 Å². The van der Waals surface area contributed by atoms with Gasteiger partial charge in [-0.25, -0.2) is 4.79 Å². The van der Waals surface area contributed by atoms with Crippen molar-refractivity contribution in [2.45, 2.75) is 45.3 Å². The SMILES string of the molecule is CC1CCCCC1OCC(=O)OCc1nc(-c2cccnc2)no1. The number of nitrogens with zero attached hydrogens (tertiary/aromatic N) is 3. The molecule has 0 N–H and O–H groups in total. The standard InChI is InChI=1S/C17H21N3O4/c1-12-5-2-3-7-14(12)22-11-16(21)23-10-15-19-17(20-24-15)13-6-4-8-18-9-13/h4,6,8-9,12,14H,2-3,5,7,10-11H2,1H3. The van der Waals surface area contributed by atoms with E-state index in [0.29, 0.717) is 11.7 Å². The van der Waals surface area contributed by atoms with Crippen LogP contribution in [-0.2, 0) is 20.9 Å². The van der Waals surface area contributed by atoms with Crippen LogP contribution in [0.3, 0.4) is 0 Å². The second kappa shape index (κ2) is 8.01. The Morgan fingerprint density at radius 1 is 1.38 bits per heavy atom. The summed E-state index contributed by atoms with van der Waals surface area (Å²) in [6, 6.07) is 3.61. The molecule has 7 heteroatoms. The molecule has 0 spiro atoms. The first-order valence-electron chi connectivity index (χ1n) is 8.22. The van der Waals surface area contributed by atoms with E-state index in [-0.39, 0.29) is 25.2 Å². The highest BCUT2D eigenvalue weighted by atomic mass is 16.6. The highest BCUT2D eigenvalue weighted by molar-refractivity contribution is 5.70. The van der Waals surface area contributed by atoms with E-state index in [1.807, 2.05) is 6.07 Å². The molecule has 2 unspecified atom stereocenters. The Hall–Kier alpha value is -2.28. The molecule has 0 aliphatic heterocycles. The molecule has 2 heterocycles. The van der Waals surface area contributed by atoms with Gasteiger partial charge in [-0.05, 0) is 30.9 Å². The van der Waals surface area contributed by atoms with Gasteiger partial charge in [0.25, 0.3) is 5.89 Å². The van der Waals surface area contributed by atoms with Crippen molar-refractivity contribution < 1.29 is 18.8 Å². The molecule has 2 aromatic rings. The van der Waals surface area contributed by atoms with Crippen LogP contribution in [0, 0.1) is 5.92 Å². The summed E-state index contributed by atoms with van der Waals surface area (Å²) >= 11 is 0. The quantitative estimate of drug-likeness (QED) is 0.752. The number of carbonyl (C=O) groups excluding carboxylic acids is 1. The molecule has 128 valence electrons. The molecular weight excluding hydrogens is 310 g/mol. The number of pyridine rings is 1. The average Bonchev–Trinajstić information content (AvgIpc) is 3.09. The van der Waals surface area contributed by atoms with Crippen molar-refractivity contribution in [2.24, 2.45) is 5.92 Å². The van der Waals surface area contributed by atoms with Crippen LogP contribution in [0.15, 0.2) is 29.0 Å². The van der Waals surface area contributed by atoms with E-state index in [2.05, 4.69) is 22.0 Å². The van der Waals surface area contributed by atoms with E-state index < -0.39 is 5.97 Å². The van der Waals surface area contributed by atoms with Crippen LogP contribution in [0.5, 0.6) is 0 Å². The lowest BCUT2D eigenvalue weighted by Crippen LogP contribution is -2.28. The summed E-state index contributed by atoms with van der Waals surface area (Å²) in [4.78, 5) is 20.0. The second-order valence-electron chi connectivity index (χ2n) is 6.03. The lowest BCUT2D eigenvalue weighted by atomic mass is 9.88. The highest BCUT2D eigenvalue weighted by Crippen LogP contribution is 2.26. The topological polar surface area (TPSA) is 87.3 Å². The molecule has 0 saturated heterocycles. The fourth-order valence-electron chi connectivity index (χ4n) is 2.81. The highest BCUT2D eigenvalue weighted by Gasteiger charge is 2.23. The molecule has 1 aliphatic carbocycles. The predicted molar refractivity (Wildman–Crippen MR) is 84.7 cm³/mol. The number of hydrogen-bond donors (Lipinski definition) is 0. The summed E-state index contributed by atoms with van der Waals surface area (Å²) in [5.41, 5.74) is 0.744. The van der Waals surface area contributed by atoms with E-state index in [1.165, 1.54) is 6.42 Å². The number of esters is 1. The minimum Gasteiger partial charge on any atom is -0.454 e. The molecule has 1 fully saturated rings. The summed E-state index contributed by atoms with van der Waals surface area (Å²) in [5.74, 6) is 0.730. The maximum Gasteiger partial charge on any atom is 0.332 e. The Bertz CT molecular complexity index is 659.